The number of Topliss-reactive ketones (excluding diaryl/α,β-unsaturated/α-hetero) is 1. The van der Waals surface area contributed by atoms with E-state index in [2.05, 4.69) is 17.2 Å². The highest BCUT2D eigenvalue weighted by Gasteiger charge is 2.17. The molecule has 5 heteroatoms. The van der Waals surface area contributed by atoms with Gasteiger partial charge in [-0.15, -0.1) is 0 Å². The second-order valence-corrected chi connectivity index (χ2v) is 8.12. The standard InChI is InChI=1S/C24H32N2O3/c1-17-4-6-19(7-5-17)12-13-25-15-20-8-10-22(23(14-20)28-3)29-24-11-9-21(16-26-24)18(2)27/h8-11,14,16-17,19,25H,4-7,12-13,15H2,1-3H3. The van der Waals surface area contributed by atoms with E-state index in [1.54, 1.807) is 19.2 Å². The lowest BCUT2D eigenvalue weighted by Gasteiger charge is -2.26. The third-order valence-electron chi connectivity index (χ3n) is 5.78. The lowest BCUT2D eigenvalue weighted by Crippen LogP contribution is -2.20. The van der Waals surface area contributed by atoms with Gasteiger partial charge in [0.15, 0.2) is 17.3 Å². The van der Waals surface area contributed by atoms with E-state index in [0.29, 0.717) is 22.9 Å². The molecule has 1 aliphatic rings. The van der Waals surface area contributed by atoms with Gasteiger partial charge in [0.25, 0.3) is 0 Å². The number of hydrogen-bond donors (Lipinski definition) is 1. The van der Waals surface area contributed by atoms with E-state index in [9.17, 15) is 4.79 Å². The van der Waals surface area contributed by atoms with Gasteiger partial charge in [0.1, 0.15) is 0 Å². The van der Waals surface area contributed by atoms with Crippen molar-refractivity contribution in [3.05, 3.63) is 47.7 Å². The molecular formula is C24H32N2O3. The fourth-order valence-electron chi connectivity index (χ4n) is 3.82. The zero-order chi connectivity index (χ0) is 20.6. The Morgan fingerprint density at radius 3 is 2.59 bits per heavy atom. The maximum absolute atomic E-state index is 11.4. The Kier molecular flexibility index (Phi) is 7.64. The van der Waals surface area contributed by atoms with E-state index in [0.717, 1.165) is 30.5 Å². The first-order chi connectivity index (χ1) is 14.0. The summed E-state index contributed by atoms with van der Waals surface area (Å²) in [7, 11) is 1.63. The summed E-state index contributed by atoms with van der Waals surface area (Å²) in [6.45, 7) is 5.74. The van der Waals surface area contributed by atoms with Crippen molar-refractivity contribution < 1.29 is 14.3 Å². The van der Waals surface area contributed by atoms with Crippen molar-refractivity contribution in [2.45, 2.75) is 52.5 Å². The molecule has 29 heavy (non-hydrogen) atoms. The minimum Gasteiger partial charge on any atom is -0.493 e. The molecule has 3 rings (SSSR count). The number of pyridine rings is 1. The van der Waals surface area contributed by atoms with Crippen molar-refractivity contribution in [3.8, 4) is 17.4 Å². The van der Waals surface area contributed by atoms with Gasteiger partial charge in [0.2, 0.25) is 5.88 Å². The largest absolute Gasteiger partial charge is 0.493 e. The van der Waals surface area contributed by atoms with Gasteiger partial charge in [-0.3, -0.25) is 4.79 Å². The number of benzene rings is 1. The second kappa shape index (κ2) is 10.4. The van der Waals surface area contributed by atoms with Crippen LogP contribution in [0.4, 0.5) is 0 Å². The number of nitrogens with zero attached hydrogens (tertiary/aromatic N) is 1. The monoisotopic (exact) mass is 396 g/mol. The summed E-state index contributed by atoms with van der Waals surface area (Å²) in [5.41, 5.74) is 1.72. The summed E-state index contributed by atoms with van der Waals surface area (Å²) in [6.07, 6.45) is 8.31. The van der Waals surface area contributed by atoms with Crippen molar-refractivity contribution in [2.75, 3.05) is 13.7 Å². The van der Waals surface area contributed by atoms with Crippen molar-refractivity contribution in [3.63, 3.8) is 0 Å². The molecule has 1 aromatic heterocycles. The first-order valence-corrected chi connectivity index (χ1v) is 10.6. The number of aromatic nitrogens is 1. The van der Waals surface area contributed by atoms with Crippen molar-refractivity contribution in [2.24, 2.45) is 11.8 Å². The molecule has 0 bridgehead atoms. The van der Waals surface area contributed by atoms with Crippen LogP contribution >= 0.6 is 0 Å². The van der Waals surface area contributed by atoms with Crippen LogP contribution in [0.2, 0.25) is 0 Å². The molecule has 0 radical (unpaired) electrons. The van der Waals surface area contributed by atoms with Gasteiger partial charge in [0.05, 0.1) is 7.11 Å². The average Bonchev–Trinajstić information content (AvgIpc) is 2.73. The molecule has 1 aliphatic carbocycles. The Morgan fingerprint density at radius 1 is 1.14 bits per heavy atom. The summed E-state index contributed by atoms with van der Waals surface area (Å²) < 4.78 is 11.3. The minimum atomic E-state index is -0.0171. The van der Waals surface area contributed by atoms with Crippen LogP contribution in [0.5, 0.6) is 17.4 Å². The Hall–Kier alpha value is -2.40. The lowest BCUT2D eigenvalue weighted by molar-refractivity contribution is 0.101. The van der Waals surface area contributed by atoms with Gasteiger partial charge in [0, 0.05) is 24.4 Å². The highest BCUT2D eigenvalue weighted by atomic mass is 16.5. The Balaban J connectivity index is 1.51. The quantitative estimate of drug-likeness (QED) is 0.455. The highest BCUT2D eigenvalue weighted by molar-refractivity contribution is 5.93. The molecule has 1 heterocycles. The SMILES string of the molecule is COc1cc(CNCCC2CCC(C)CC2)ccc1Oc1ccc(C(C)=O)cn1. The number of carbonyl (C=O) groups is 1. The number of nitrogens with one attached hydrogen (secondary N) is 1. The van der Waals surface area contributed by atoms with Crippen LogP contribution in [0, 0.1) is 11.8 Å². The zero-order valence-electron chi connectivity index (χ0n) is 17.7. The zero-order valence-corrected chi connectivity index (χ0v) is 17.7. The average molecular weight is 397 g/mol. The van der Waals surface area contributed by atoms with E-state index in [1.165, 1.54) is 45.2 Å². The Bertz CT molecular complexity index is 796. The predicted molar refractivity (Wildman–Crippen MR) is 115 cm³/mol. The molecule has 0 unspecified atom stereocenters. The van der Waals surface area contributed by atoms with E-state index in [4.69, 9.17) is 9.47 Å². The Labute approximate surface area is 173 Å². The number of ether oxygens (including phenoxy) is 2. The summed E-state index contributed by atoms with van der Waals surface area (Å²) in [6, 6.07) is 9.34. The van der Waals surface area contributed by atoms with Gasteiger partial charge >= 0.3 is 0 Å². The molecular weight excluding hydrogens is 364 g/mol. The van der Waals surface area contributed by atoms with E-state index >= 15 is 0 Å². The molecule has 1 saturated carbocycles. The van der Waals surface area contributed by atoms with Crippen LogP contribution in [0.1, 0.15) is 61.9 Å². The first kappa shape index (κ1) is 21.3. The highest BCUT2D eigenvalue weighted by Crippen LogP contribution is 2.32. The van der Waals surface area contributed by atoms with Gasteiger partial charge in [-0.2, -0.15) is 0 Å². The third-order valence-corrected chi connectivity index (χ3v) is 5.78. The normalized spacial score (nSPS) is 19.0. The fourth-order valence-corrected chi connectivity index (χ4v) is 3.82. The number of rotatable bonds is 9. The second-order valence-electron chi connectivity index (χ2n) is 8.12. The predicted octanol–water partition coefficient (Wildman–Crippen LogP) is 5.39. The van der Waals surface area contributed by atoms with E-state index < -0.39 is 0 Å². The van der Waals surface area contributed by atoms with Gasteiger partial charge in [-0.1, -0.05) is 38.7 Å². The molecule has 1 N–H and O–H groups in total. The van der Waals surface area contributed by atoms with Crippen LogP contribution in [0.3, 0.4) is 0 Å². The fraction of sp³-hybridized carbons (Fsp3) is 0.500. The third kappa shape index (κ3) is 6.29. The molecule has 0 spiro atoms. The van der Waals surface area contributed by atoms with Gasteiger partial charge < -0.3 is 14.8 Å². The number of ketones is 1. The summed E-state index contributed by atoms with van der Waals surface area (Å²) in [4.78, 5) is 15.5. The summed E-state index contributed by atoms with van der Waals surface area (Å²) in [5, 5.41) is 3.56. The van der Waals surface area contributed by atoms with Crippen LogP contribution in [0.15, 0.2) is 36.5 Å². The van der Waals surface area contributed by atoms with E-state index in [-0.39, 0.29) is 5.78 Å². The van der Waals surface area contributed by atoms with Gasteiger partial charge in [-0.25, -0.2) is 4.98 Å². The first-order valence-electron chi connectivity index (χ1n) is 10.6. The van der Waals surface area contributed by atoms with Crippen LogP contribution in [-0.4, -0.2) is 24.4 Å². The molecule has 5 nitrogen and oxygen atoms in total. The molecule has 1 fully saturated rings. The topological polar surface area (TPSA) is 60.5 Å². The molecule has 2 aromatic rings. The number of carbonyl (C=O) groups excluding carboxylic acids is 1. The Morgan fingerprint density at radius 2 is 1.93 bits per heavy atom. The molecule has 0 atom stereocenters. The minimum absolute atomic E-state index is 0.0171. The van der Waals surface area contributed by atoms with Crippen LogP contribution in [0.25, 0.3) is 0 Å². The molecule has 1 aromatic carbocycles. The molecule has 0 aliphatic heterocycles. The van der Waals surface area contributed by atoms with Crippen LogP contribution in [-0.2, 0) is 6.54 Å². The summed E-state index contributed by atoms with van der Waals surface area (Å²) in [5.74, 6) is 3.48. The van der Waals surface area contributed by atoms with Crippen molar-refractivity contribution in [1.82, 2.24) is 10.3 Å². The maximum Gasteiger partial charge on any atom is 0.219 e. The van der Waals surface area contributed by atoms with E-state index in [1.807, 2.05) is 18.2 Å². The maximum atomic E-state index is 11.4. The smallest absolute Gasteiger partial charge is 0.219 e. The summed E-state index contributed by atoms with van der Waals surface area (Å²) >= 11 is 0. The van der Waals surface area contributed by atoms with Gasteiger partial charge in [-0.05, 0) is 55.5 Å². The van der Waals surface area contributed by atoms with Crippen molar-refractivity contribution >= 4 is 5.78 Å². The molecule has 0 amide bonds. The molecule has 0 saturated heterocycles. The number of hydrogen-bond acceptors (Lipinski definition) is 5. The van der Waals surface area contributed by atoms with Crippen LogP contribution < -0.4 is 14.8 Å². The van der Waals surface area contributed by atoms with Crippen molar-refractivity contribution in [1.29, 1.82) is 0 Å². The number of methoxy groups -OCH3 is 1. The lowest BCUT2D eigenvalue weighted by atomic mass is 9.81. The molecule has 156 valence electrons.